The molecule has 0 saturated carbocycles. The predicted molar refractivity (Wildman–Crippen MR) is 81.3 cm³/mol. The van der Waals surface area contributed by atoms with E-state index in [1.165, 1.54) is 0 Å². The lowest BCUT2D eigenvalue weighted by Crippen LogP contribution is -1.90. The largest absolute Gasteiger partial charge is 0.494 e. The Bertz CT molecular complexity index is 721. The molecule has 0 radical (unpaired) electrons. The molecule has 1 aromatic heterocycles. The fraction of sp³-hybridized carbons (Fsp3) is 0.125. The molecule has 0 bridgehead atoms. The highest BCUT2D eigenvalue weighted by Crippen LogP contribution is 2.24. The summed E-state index contributed by atoms with van der Waals surface area (Å²) in [5.74, 6) is 1.83. The van der Waals surface area contributed by atoms with Crippen LogP contribution in [-0.4, -0.2) is 16.7 Å². The van der Waals surface area contributed by atoms with Crippen LogP contribution in [0.1, 0.15) is 6.92 Å². The first-order valence-electron chi connectivity index (χ1n) is 6.59. The Morgan fingerprint density at radius 1 is 1.00 bits per heavy atom. The zero-order valence-electron chi connectivity index (χ0n) is 11.4. The monoisotopic (exact) mass is 300 g/mol. The van der Waals surface area contributed by atoms with E-state index in [1.807, 2.05) is 43.3 Å². The van der Waals surface area contributed by atoms with Gasteiger partial charge in [-0.25, -0.2) is 0 Å². The Morgan fingerprint density at radius 3 is 2.33 bits per heavy atom. The molecule has 21 heavy (non-hydrogen) atoms. The summed E-state index contributed by atoms with van der Waals surface area (Å²) in [7, 11) is 0. The van der Waals surface area contributed by atoms with Gasteiger partial charge in [-0.3, -0.25) is 0 Å². The molecule has 3 rings (SSSR count). The van der Waals surface area contributed by atoms with Crippen LogP contribution < -0.4 is 4.74 Å². The average Bonchev–Trinajstić information content (AvgIpc) is 2.99. The van der Waals surface area contributed by atoms with Crippen LogP contribution in [0.25, 0.3) is 22.8 Å². The third kappa shape index (κ3) is 3.06. The van der Waals surface area contributed by atoms with Crippen molar-refractivity contribution < 1.29 is 9.26 Å². The number of benzene rings is 2. The molecule has 2 aromatic carbocycles. The maximum Gasteiger partial charge on any atom is 0.258 e. The fourth-order valence-corrected chi connectivity index (χ4v) is 2.04. The lowest BCUT2D eigenvalue weighted by Gasteiger charge is -2.02. The van der Waals surface area contributed by atoms with E-state index in [-0.39, 0.29) is 0 Å². The molecular weight excluding hydrogens is 288 g/mol. The zero-order valence-corrected chi connectivity index (χ0v) is 12.2. The molecule has 0 spiro atoms. The number of hydrogen-bond acceptors (Lipinski definition) is 4. The number of ether oxygens (including phenoxy) is 1. The molecule has 0 aliphatic rings. The normalized spacial score (nSPS) is 10.6. The van der Waals surface area contributed by atoms with E-state index in [0.29, 0.717) is 23.3 Å². The molecule has 0 aliphatic heterocycles. The Morgan fingerprint density at radius 2 is 1.67 bits per heavy atom. The van der Waals surface area contributed by atoms with Crippen molar-refractivity contribution in [1.29, 1.82) is 0 Å². The van der Waals surface area contributed by atoms with Gasteiger partial charge < -0.3 is 9.26 Å². The van der Waals surface area contributed by atoms with Gasteiger partial charge in [-0.15, -0.1) is 0 Å². The molecule has 3 aromatic rings. The van der Waals surface area contributed by atoms with Crippen molar-refractivity contribution in [3.8, 4) is 28.6 Å². The van der Waals surface area contributed by atoms with Crippen LogP contribution >= 0.6 is 11.6 Å². The minimum Gasteiger partial charge on any atom is -0.494 e. The smallest absolute Gasteiger partial charge is 0.258 e. The van der Waals surface area contributed by atoms with E-state index < -0.39 is 0 Å². The minimum atomic E-state index is 0.475. The first kappa shape index (κ1) is 13.6. The van der Waals surface area contributed by atoms with E-state index in [2.05, 4.69) is 10.1 Å². The highest BCUT2D eigenvalue weighted by atomic mass is 35.5. The lowest BCUT2D eigenvalue weighted by molar-refractivity contribution is 0.340. The molecule has 0 fully saturated rings. The summed E-state index contributed by atoms with van der Waals surface area (Å²) in [5.41, 5.74) is 1.71. The van der Waals surface area contributed by atoms with E-state index in [4.69, 9.17) is 20.9 Å². The number of halogens is 1. The van der Waals surface area contributed by atoms with Gasteiger partial charge in [0, 0.05) is 16.1 Å². The highest BCUT2D eigenvalue weighted by molar-refractivity contribution is 6.30. The van der Waals surface area contributed by atoms with Gasteiger partial charge in [-0.2, -0.15) is 4.98 Å². The average molecular weight is 301 g/mol. The van der Waals surface area contributed by atoms with Crippen LogP contribution in [0.2, 0.25) is 5.02 Å². The van der Waals surface area contributed by atoms with Crippen LogP contribution in [0, 0.1) is 0 Å². The van der Waals surface area contributed by atoms with Crippen molar-refractivity contribution in [2.24, 2.45) is 0 Å². The summed E-state index contributed by atoms with van der Waals surface area (Å²) < 4.78 is 10.7. The van der Waals surface area contributed by atoms with Crippen LogP contribution in [0.5, 0.6) is 5.75 Å². The van der Waals surface area contributed by atoms with Gasteiger partial charge in [0.1, 0.15) is 5.75 Å². The maximum absolute atomic E-state index is 5.86. The third-order valence-electron chi connectivity index (χ3n) is 2.94. The van der Waals surface area contributed by atoms with Crippen LogP contribution in [-0.2, 0) is 0 Å². The van der Waals surface area contributed by atoms with Crippen molar-refractivity contribution in [2.45, 2.75) is 6.92 Å². The lowest BCUT2D eigenvalue weighted by atomic mass is 10.2. The summed E-state index contributed by atoms with van der Waals surface area (Å²) >= 11 is 5.86. The first-order chi connectivity index (χ1) is 10.3. The Hall–Kier alpha value is -2.33. The summed E-state index contributed by atoms with van der Waals surface area (Å²) in [6.07, 6.45) is 0. The Labute approximate surface area is 127 Å². The molecule has 5 heteroatoms. The van der Waals surface area contributed by atoms with Gasteiger partial charge in [-0.1, -0.05) is 16.8 Å². The molecule has 0 N–H and O–H groups in total. The molecule has 0 saturated heterocycles. The van der Waals surface area contributed by atoms with E-state index >= 15 is 0 Å². The summed E-state index contributed by atoms with van der Waals surface area (Å²) in [6, 6.07) is 14.8. The van der Waals surface area contributed by atoms with E-state index in [1.54, 1.807) is 12.1 Å². The fourth-order valence-electron chi connectivity index (χ4n) is 1.92. The molecule has 0 atom stereocenters. The molecule has 0 amide bonds. The van der Waals surface area contributed by atoms with Crippen LogP contribution in [0.15, 0.2) is 53.1 Å². The molecule has 4 nitrogen and oxygen atoms in total. The van der Waals surface area contributed by atoms with Crippen LogP contribution in [0.3, 0.4) is 0 Å². The van der Waals surface area contributed by atoms with Gasteiger partial charge >= 0.3 is 0 Å². The van der Waals surface area contributed by atoms with Crippen molar-refractivity contribution in [2.75, 3.05) is 6.61 Å². The van der Waals surface area contributed by atoms with Gasteiger partial charge in [0.2, 0.25) is 5.82 Å². The quantitative estimate of drug-likeness (QED) is 0.714. The molecular formula is C16H13ClN2O2. The number of hydrogen-bond donors (Lipinski definition) is 0. The van der Waals surface area contributed by atoms with Gasteiger partial charge in [0.05, 0.1) is 6.61 Å². The summed E-state index contributed by atoms with van der Waals surface area (Å²) in [4.78, 5) is 4.39. The summed E-state index contributed by atoms with van der Waals surface area (Å²) in [6.45, 7) is 2.59. The van der Waals surface area contributed by atoms with Gasteiger partial charge in [-0.05, 0) is 55.5 Å². The van der Waals surface area contributed by atoms with Gasteiger partial charge in [0.25, 0.3) is 5.89 Å². The molecule has 0 unspecified atom stereocenters. The van der Waals surface area contributed by atoms with Crippen molar-refractivity contribution in [3.05, 3.63) is 53.6 Å². The third-order valence-corrected chi connectivity index (χ3v) is 3.19. The van der Waals surface area contributed by atoms with E-state index in [9.17, 15) is 0 Å². The number of nitrogens with zero attached hydrogens (tertiary/aromatic N) is 2. The molecule has 106 valence electrons. The van der Waals surface area contributed by atoms with Crippen molar-refractivity contribution in [3.63, 3.8) is 0 Å². The van der Waals surface area contributed by atoms with Crippen molar-refractivity contribution in [1.82, 2.24) is 10.1 Å². The first-order valence-corrected chi connectivity index (χ1v) is 6.97. The summed E-state index contributed by atoms with van der Waals surface area (Å²) in [5, 5.41) is 4.67. The Kier molecular flexibility index (Phi) is 3.88. The van der Waals surface area contributed by atoms with Crippen LogP contribution in [0.4, 0.5) is 0 Å². The van der Waals surface area contributed by atoms with E-state index in [0.717, 1.165) is 16.9 Å². The SMILES string of the molecule is CCOc1ccc(-c2nc(-c3ccc(Cl)cc3)no2)cc1. The topological polar surface area (TPSA) is 48.2 Å². The van der Waals surface area contributed by atoms with Crippen molar-refractivity contribution >= 4 is 11.6 Å². The predicted octanol–water partition coefficient (Wildman–Crippen LogP) is 4.46. The number of rotatable bonds is 4. The second-order valence-electron chi connectivity index (χ2n) is 4.39. The molecule has 1 heterocycles. The second-order valence-corrected chi connectivity index (χ2v) is 4.82. The highest BCUT2D eigenvalue weighted by Gasteiger charge is 2.10. The second kappa shape index (κ2) is 5.97. The maximum atomic E-state index is 5.86. The number of aromatic nitrogens is 2. The minimum absolute atomic E-state index is 0.475. The standard InChI is InChI=1S/C16H13ClN2O2/c1-2-20-14-9-5-12(6-10-14)16-18-15(19-21-16)11-3-7-13(17)8-4-11/h3-10H,2H2,1H3. The Balaban J connectivity index is 1.85. The molecule has 0 aliphatic carbocycles. The van der Waals surface area contributed by atoms with Gasteiger partial charge in [0.15, 0.2) is 0 Å². The zero-order chi connectivity index (χ0) is 14.7.